The standard InChI is InChI=1S/C51H34N4O/c1-4-16-33(17-5-1)49-52-50(34-18-6-2-7-19-34)54-51(53-49)43-24-11-10-22-38(43)40-26-15-28-42-41-27-14-25-37(47(41)56-48(40)42)35-30-31-46-44(32-35)39-23-12-13-29-45(39)55(46)36-20-8-3-9-21-36/h1-18,20-32,34H,19H2. The minimum Gasteiger partial charge on any atom is -0.455 e. The normalized spacial score (nSPS) is 14.0. The van der Waals surface area contributed by atoms with E-state index >= 15 is 0 Å². The Labute approximate surface area is 323 Å². The van der Waals surface area contributed by atoms with Crippen molar-refractivity contribution in [2.24, 2.45) is 0 Å². The lowest BCUT2D eigenvalue weighted by molar-refractivity contribution is 0.671. The predicted molar refractivity (Wildman–Crippen MR) is 229 cm³/mol. The quantitative estimate of drug-likeness (QED) is 0.172. The van der Waals surface area contributed by atoms with E-state index in [1.165, 1.54) is 21.8 Å². The molecule has 0 saturated carbocycles. The van der Waals surface area contributed by atoms with E-state index in [1.807, 2.05) is 18.2 Å². The van der Waals surface area contributed by atoms with Crippen LogP contribution >= 0.6 is 0 Å². The third kappa shape index (κ3) is 5.28. The number of allylic oxidation sites excluding steroid dienone is 4. The number of hydrogen-bond acceptors (Lipinski definition) is 4. The molecule has 3 heterocycles. The zero-order chi connectivity index (χ0) is 37.0. The lowest BCUT2D eigenvalue weighted by Gasteiger charge is -2.15. The molecular formula is C51H34N4O. The Balaban J connectivity index is 1.08. The summed E-state index contributed by atoms with van der Waals surface area (Å²) in [4.78, 5) is 15.2. The number of aromatic nitrogens is 4. The Hall–Kier alpha value is -7.37. The highest BCUT2D eigenvalue weighted by Crippen LogP contribution is 2.43. The van der Waals surface area contributed by atoms with Gasteiger partial charge in [-0.1, -0.05) is 158 Å². The summed E-state index contributed by atoms with van der Waals surface area (Å²) < 4.78 is 9.37. The van der Waals surface area contributed by atoms with Gasteiger partial charge in [-0.25, -0.2) is 15.0 Å². The minimum absolute atomic E-state index is 0.0720. The molecule has 11 rings (SSSR count). The molecule has 0 spiro atoms. The first kappa shape index (κ1) is 32.1. The molecule has 10 aromatic rings. The van der Waals surface area contributed by atoms with Gasteiger partial charge in [0.05, 0.1) is 11.0 Å². The lowest BCUT2D eigenvalue weighted by atomic mass is 9.96. The summed E-state index contributed by atoms with van der Waals surface area (Å²) in [5, 5.41) is 4.57. The molecule has 0 radical (unpaired) electrons. The van der Waals surface area contributed by atoms with Crippen LogP contribution in [0.25, 0.3) is 94.5 Å². The Kier molecular flexibility index (Phi) is 7.56. The molecule has 1 atom stereocenters. The van der Waals surface area contributed by atoms with E-state index in [2.05, 4.69) is 174 Å². The van der Waals surface area contributed by atoms with Crippen molar-refractivity contribution in [3.05, 3.63) is 194 Å². The molecule has 7 aromatic carbocycles. The molecular weight excluding hydrogens is 685 g/mol. The number of para-hydroxylation sites is 4. The van der Waals surface area contributed by atoms with Crippen LogP contribution in [0.1, 0.15) is 18.2 Å². The van der Waals surface area contributed by atoms with Crippen LogP contribution in [0.2, 0.25) is 0 Å². The monoisotopic (exact) mass is 718 g/mol. The van der Waals surface area contributed by atoms with Crippen molar-refractivity contribution >= 4 is 43.7 Å². The number of nitrogens with zero attached hydrogens (tertiary/aromatic N) is 4. The van der Waals surface area contributed by atoms with E-state index in [0.29, 0.717) is 11.6 Å². The van der Waals surface area contributed by atoms with Gasteiger partial charge < -0.3 is 8.98 Å². The molecule has 1 aliphatic rings. The molecule has 0 bridgehead atoms. The van der Waals surface area contributed by atoms with Crippen LogP contribution in [-0.4, -0.2) is 19.5 Å². The number of fused-ring (bicyclic) bond motifs is 6. The fraction of sp³-hybridized carbons (Fsp3) is 0.0392. The minimum atomic E-state index is 0.0720. The number of rotatable bonds is 6. The molecule has 1 aliphatic carbocycles. The average molecular weight is 719 g/mol. The molecule has 3 aromatic heterocycles. The van der Waals surface area contributed by atoms with Crippen LogP contribution in [0.15, 0.2) is 193 Å². The van der Waals surface area contributed by atoms with E-state index in [0.717, 1.165) is 73.3 Å². The summed E-state index contributed by atoms with van der Waals surface area (Å²) in [6.07, 6.45) is 9.34. The van der Waals surface area contributed by atoms with Crippen molar-refractivity contribution in [2.75, 3.05) is 0 Å². The van der Waals surface area contributed by atoms with Crippen molar-refractivity contribution in [3.63, 3.8) is 0 Å². The summed E-state index contributed by atoms with van der Waals surface area (Å²) in [5.41, 5.74) is 11.2. The van der Waals surface area contributed by atoms with Gasteiger partial charge in [-0.05, 0) is 47.9 Å². The second-order valence-corrected chi connectivity index (χ2v) is 14.3. The van der Waals surface area contributed by atoms with Crippen LogP contribution < -0.4 is 0 Å². The Bertz CT molecular complexity index is 3170. The SMILES string of the molecule is C1=CCC(c2nc(-c3ccccc3)nc(-c3ccccc3-c3cccc4c3oc3c(-c5ccc6c(c5)c5ccccc5n6-c5ccccc5)cccc34)n2)C=C1. The summed E-state index contributed by atoms with van der Waals surface area (Å²) >= 11 is 0. The molecule has 1 unspecified atom stereocenters. The van der Waals surface area contributed by atoms with Crippen LogP contribution in [0.3, 0.4) is 0 Å². The Morgan fingerprint density at radius 3 is 1.91 bits per heavy atom. The topological polar surface area (TPSA) is 56.7 Å². The molecule has 264 valence electrons. The third-order valence-corrected chi connectivity index (χ3v) is 11.0. The molecule has 5 heteroatoms. The van der Waals surface area contributed by atoms with E-state index in [9.17, 15) is 0 Å². The zero-order valence-corrected chi connectivity index (χ0v) is 30.4. The Morgan fingerprint density at radius 2 is 1.11 bits per heavy atom. The zero-order valence-electron chi connectivity index (χ0n) is 30.4. The van der Waals surface area contributed by atoms with E-state index in [1.54, 1.807) is 0 Å². The first-order valence-electron chi connectivity index (χ1n) is 19.1. The van der Waals surface area contributed by atoms with Gasteiger partial charge in [-0.2, -0.15) is 0 Å². The highest BCUT2D eigenvalue weighted by atomic mass is 16.3. The maximum absolute atomic E-state index is 7.03. The largest absolute Gasteiger partial charge is 0.455 e. The summed E-state index contributed by atoms with van der Waals surface area (Å²) in [6.45, 7) is 0. The fourth-order valence-corrected chi connectivity index (χ4v) is 8.34. The number of hydrogen-bond donors (Lipinski definition) is 0. The molecule has 0 fully saturated rings. The molecule has 0 aliphatic heterocycles. The number of benzene rings is 7. The molecule has 0 saturated heterocycles. The van der Waals surface area contributed by atoms with Crippen LogP contribution in [0, 0.1) is 0 Å². The van der Waals surface area contributed by atoms with Gasteiger partial charge >= 0.3 is 0 Å². The maximum Gasteiger partial charge on any atom is 0.164 e. The molecule has 0 N–H and O–H groups in total. The van der Waals surface area contributed by atoms with E-state index in [4.69, 9.17) is 19.4 Å². The van der Waals surface area contributed by atoms with Gasteiger partial charge in [-0.3, -0.25) is 0 Å². The highest BCUT2D eigenvalue weighted by molar-refractivity contribution is 6.15. The molecule has 56 heavy (non-hydrogen) atoms. The van der Waals surface area contributed by atoms with Gasteiger partial charge in [0, 0.05) is 55.4 Å². The van der Waals surface area contributed by atoms with Gasteiger partial charge in [0.2, 0.25) is 0 Å². The first-order valence-corrected chi connectivity index (χ1v) is 19.1. The molecule has 5 nitrogen and oxygen atoms in total. The van der Waals surface area contributed by atoms with Gasteiger partial charge in [0.25, 0.3) is 0 Å². The third-order valence-electron chi connectivity index (χ3n) is 11.0. The van der Waals surface area contributed by atoms with Crippen molar-refractivity contribution in [1.29, 1.82) is 0 Å². The lowest BCUT2D eigenvalue weighted by Crippen LogP contribution is -2.08. The van der Waals surface area contributed by atoms with Crippen LogP contribution in [0.5, 0.6) is 0 Å². The van der Waals surface area contributed by atoms with Crippen molar-refractivity contribution in [1.82, 2.24) is 19.5 Å². The average Bonchev–Trinajstić information content (AvgIpc) is 3.83. The smallest absolute Gasteiger partial charge is 0.164 e. The van der Waals surface area contributed by atoms with E-state index in [-0.39, 0.29) is 5.92 Å². The highest BCUT2D eigenvalue weighted by Gasteiger charge is 2.22. The second-order valence-electron chi connectivity index (χ2n) is 14.3. The summed E-state index contributed by atoms with van der Waals surface area (Å²) in [6, 6.07) is 57.4. The van der Waals surface area contributed by atoms with Crippen molar-refractivity contribution in [3.8, 4) is 50.7 Å². The van der Waals surface area contributed by atoms with Crippen LogP contribution in [0.4, 0.5) is 0 Å². The second kappa shape index (κ2) is 13.2. The van der Waals surface area contributed by atoms with Crippen molar-refractivity contribution < 1.29 is 4.42 Å². The summed E-state index contributed by atoms with van der Waals surface area (Å²) in [5.74, 6) is 2.14. The van der Waals surface area contributed by atoms with E-state index < -0.39 is 0 Å². The Morgan fingerprint density at radius 1 is 0.464 bits per heavy atom. The predicted octanol–water partition coefficient (Wildman–Crippen LogP) is 13.1. The van der Waals surface area contributed by atoms with Gasteiger partial charge in [0.1, 0.15) is 17.0 Å². The van der Waals surface area contributed by atoms with Gasteiger partial charge in [-0.15, -0.1) is 0 Å². The number of furan rings is 1. The first-order chi connectivity index (χ1) is 27.8. The van der Waals surface area contributed by atoms with Gasteiger partial charge in [0.15, 0.2) is 11.6 Å². The summed E-state index contributed by atoms with van der Waals surface area (Å²) in [7, 11) is 0. The van der Waals surface area contributed by atoms with Crippen molar-refractivity contribution in [2.45, 2.75) is 12.3 Å². The fourth-order valence-electron chi connectivity index (χ4n) is 8.34. The molecule has 0 amide bonds. The maximum atomic E-state index is 7.03. The van der Waals surface area contributed by atoms with Crippen LogP contribution in [-0.2, 0) is 0 Å².